The molecule has 1 aliphatic rings. The standard InChI is InChI=1S/C7H11N3OS/c11-5-2-1-3-6(5)12-7-8-4-9-10-7/h4-6,11H,1-3H2,(H,8,9,10)/t5-,6-/m1/s1. The highest BCUT2D eigenvalue weighted by molar-refractivity contribution is 7.99. The van der Waals surface area contributed by atoms with Gasteiger partial charge in [-0.2, -0.15) is 5.10 Å². The summed E-state index contributed by atoms with van der Waals surface area (Å²) in [5, 5.41) is 17.1. The largest absolute Gasteiger partial charge is 0.392 e. The third-order valence-corrected chi connectivity index (χ3v) is 3.35. The fraction of sp³-hybridized carbons (Fsp3) is 0.714. The molecule has 0 unspecified atom stereocenters. The lowest BCUT2D eigenvalue weighted by Gasteiger charge is -2.10. The highest BCUT2D eigenvalue weighted by Crippen LogP contribution is 2.32. The number of aliphatic hydroxyl groups is 1. The number of H-pyrrole nitrogens is 1. The van der Waals surface area contributed by atoms with Crippen molar-refractivity contribution in [2.45, 2.75) is 35.8 Å². The van der Waals surface area contributed by atoms with Gasteiger partial charge >= 0.3 is 0 Å². The van der Waals surface area contributed by atoms with Gasteiger partial charge in [0.2, 0.25) is 0 Å². The third-order valence-electron chi connectivity index (χ3n) is 2.07. The van der Waals surface area contributed by atoms with Crippen LogP contribution in [0, 0.1) is 0 Å². The Morgan fingerprint density at radius 3 is 3.08 bits per heavy atom. The quantitative estimate of drug-likeness (QED) is 0.715. The van der Waals surface area contributed by atoms with Gasteiger partial charge in [-0.3, -0.25) is 5.10 Å². The Hall–Kier alpha value is -0.550. The van der Waals surface area contributed by atoms with Crippen molar-refractivity contribution < 1.29 is 5.11 Å². The van der Waals surface area contributed by atoms with Crippen molar-refractivity contribution in [2.24, 2.45) is 0 Å². The van der Waals surface area contributed by atoms with Crippen LogP contribution in [0.3, 0.4) is 0 Å². The smallest absolute Gasteiger partial charge is 0.183 e. The lowest BCUT2D eigenvalue weighted by Crippen LogP contribution is -2.15. The minimum absolute atomic E-state index is 0.167. The summed E-state index contributed by atoms with van der Waals surface area (Å²) >= 11 is 1.59. The number of hydrogen-bond acceptors (Lipinski definition) is 4. The topological polar surface area (TPSA) is 61.8 Å². The number of nitrogens with zero attached hydrogens (tertiary/aromatic N) is 2. The van der Waals surface area contributed by atoms with Crippen molar-refractivity contribution >= 4 is 11.8 Å². The summed E-state index contributed by atoms with van der Waals surface area (Å²) in [6.07, 6.45) is 4.44. The summed E-state index contributed by atoms with van der Waals surface area (Å²) in [7, 11) is 0. The molecule has 0 bridgehead atoms. The maximum Gasteiger partial charge on any atom is 0.183 e. The van der Waals surface area contributed by atoms with E-state index in [0.717, 1.165) is 24.4 Å². The first-order chi connectivity index (χ1) is 5.86. The zero-order chi connectivity index (χ0) is 8.39. The number of aliphatic hydroxyl groups excluding tert-OH is 1. The molecule has 1 aromatic heterocycles. The van der Waals surface area contributed by atoms with Gasteiger partial charge in [0, 0.05) is 5.25 Å². The number of nitrogens with one attached hydrogen (secondary N) is 1. The summed E-state index contributed by atoms with van der Waals surface area (Å²) in [4.78, 5) is 4.00. The van der Waals surface area contributed by atoms with E-state index in [1.165, 1.54) is 6.33 Å². The molecule has 0 spiro atoms. The average molecular weight is 185 g/mol. The fourth-order valence-electron chi connectivity index (χ4n) is 1.44. The van der Waals surface area contributed by atoms with Gasteiger partial charge in [0.05, 0.1) is 6.10 Å². The summed E-state index contributed by atoms with van der Waals surface area (Å²) < 4.78 is 0. The number of rotatable bonds is 2. The number of aromatic nitrogens is 3. The summed E-state index contributed by atoms with van der Waals surface area (Å²) in [5.41, 5.74) is 0. The fourth-order valence-corrected chi connectivity index (χ4v) is 2.52. The molecule has 1 fully saturated rings. The van der Waals surface area contributed by atoms with Crippen molar-refractivity contribution in [1.29, 1.82) is 0 Å². The van der Waals surface area contributed by atoms with Gasteiger partial charge in [-0.05, 0) is 19.3 Å². The van der Waals surface area contributed by atoms with Crippen LogP contribution >= 0.6 is 11.8 Å². The van der Waals surface area contributed by atoms with E-state index >= 15 is 0 Å². The highest BCUT2D eigenvalue weighted by atomic mass is 32.2. The van der Waals surface area contributed by atoms with Crippen LogP contribution in [-0.2, 0) is 0 Å². The molecule has 1 aromatic rings. The maximum absolute atomic E-state index is 9.50. The van der Waals surface area contributed by atoms with E-state index in [-0.39, 0.29) is 6.10 Å². The minimum atomic E-state index is -0.167. The number of aromatic amines is 1. The van der Waals surface area contributed by atoms with Gasteiger partial charge in [0.1, 0.15) is 6.33 Å². The van der Waals surface area contributed by atoms with E-state index in [4.69, 9.17) is 0 Å². The zero-order valence-electron chi connectivity index (χ0n) is 6.60. The predicted molar refractivity (Wildman–Crippen MR) is 45.9 cm³/mol. The van der Waals surface area contributed by atoms with E-state index in [2.05, 4.69) is 15.2 Å². The molecule has 66 valence electrons. The van der Waals surface area contributed by atoms with Gasteiger partial charge in [0.15, 0.2) is 5.16 Å². The van der Waals surface area contributed by atoms with Crippen LogP contribution in [0.25, 0.3) is 0 Å². The molecule has 2 atom stereocenters. The summed E-state index contributed by atoms with van der Waals surface area (Å²) in [5.74, 6) is 0. The Balaban J connectivity index is 1.95. The molecule has 5 heteroatoms. The minimum Gasteiger partial charge on any atom is -0.392 e. The zero-order valence-corrected chi connectivity index (χ0v) is 7.42. The van der Waals surface area contributed by atoms with Crippen LogP contribution in [0.15, 0.2) is 11.5 Å². The Morgan fingerprint density at radius 2 is 2.50 bits per heavy atom. The molecule has 4 nitrogen and oxygen atoms in total. The summed E-state index contributed by atoms with van der Waals surface area (Å²) in [6.45, 7) is 0. The first kappa shape index (κ1) is 8.07. The monoisotopic (exact) mass is 185 g/mol. The van der Waals surface area contributed by atoms with E-state index in [9.17, 15) is 5.11 Å². The van der Waals surface area contributed by atoms with Gasteiger partial charge in [-0.25, -0.2) is 4.98 Å². The van der Waals surface area contributed by atoms with Crippen LogP contribution < -0.4 is 0 Å². The first-order valence-electron chi connectivity index (χ1n) is 4.06. The second kappa shape index (κ2) is 3.45. The Kier molecular flexibility index (Phi) is 2.32. The van der Waals surface area contributed by atoms with Gasteiger partial charge in [-0.1, -0.05) is 11.8 Å². The Morgan fingerprint density at radius 1 is 1.58 bits per heavy atom. The van der Waals surface area contributed by atoms with E-state index in [0.29, 0.717) is 5.25 Å². The molecular formula is C7H11N3OS. The predicted octanol–water partition coefficient (Wildman–Crippen LogP) is 0.810. The molecule has 1 aliphatic carbocycles. The Labute approximate surface area is 74.8 Å². The lowest BCUT2D eigenvalue weighted by molar-refractivity contribution is 0.188. The molecule has 0 aliphatic heterocycles. The molecule has 2 N–H and O–H groups in total. The maximum atomic E-state index is 9.50. The Bertz CT molecular complexity index is 239. The average Bonchev–Trinajstić information content (AvgIpc) is 2.65. The van der Waals surface area contributed by atoms with Crippen molar-refractivity contribution in [3.8, 4) is 0 Å². The van der Waals surface area contributed by atoms with Crippen molar-refractivity contribution in [3.05, 3.63) is 6.33 Å². The van der Waals surface area contributed by atoms with Gasteiger partial charge < -0.3 is 5.11 Å². The molecule has 1 heterocycles. The first-order valence-corrected chi connectivity index (χ1v) is 4.94. The van der Waals surface area contributed by atoms with Crippen LogP contribution in [0.1, 0.15) is 19.3 Å². The van der Waals surface area contributed by atoms with E-state index < -0.39 is 0 Å². The summed E-state index contributed by atoms with van der Waals surface area (Å²) in [6, 6.07) is 0. The molecule has 0 saturated heterocycles. The second-order valence-corrected chi connectivity index (χ2v) is 4.17. The molecule has 2 rings (SSSR count). The van der Waals surface area contributed by atoms with Crippen LogP contribution in [0.5, 0.6) is 0 Å². The normalized spacial score (nSPS) is 29.4. The molecule has 0 radical (unpaired) electrons. The molecule has 0 amide bonds. The van der Waals surface area contributed by atoms with Crippen LogP contribution in [0.4, 0.5) is 0 Å². The SMILES string of the molecule is O[C@@H]1CCC[C@H]1Sc1ncn[nH]1. The molecule has 12 heavy (non-hydrogen) atoms. The van der Waals surface area contributed by atoms with Crippen molar-refractivity contribution in [1.82, 2.24) is 15.2 Å². The number of thioether (sulfide) groups is 1. The number of hydrogen-bond donors (Lipinski definition) is 2. The van der Waals surface area contributed by atoms with Gasteiger partial charge in [0.25, 0.3) is 0 Å². The molecule has 1 saturated carbocycles. The highest BCUT2D eigenvalue weighted by Gasteiger charge is 2.26. The molecular weight excluding hydrogens is 174 g/mol. The van der Waals surface area contributed by atoms with Gasteiger partial charge in [-0.15, -0.1) is 0 Å². The third kappa shape index (κ3) is 1.61. The van der Waals surface area contributed by atoms with Crippen LogP contribution in [0.2, 0.25) is 0 Å². The lowest BCUT2D eigenvalue weighted by atomic mass is 10.3. The van der Waals surface area contributed by atoms with Crippen molar-refractivity contribution in [3.63, 3.8) is 0 Å². The van der Waals surface area contributed by atoms with E-state index in [1.54, 1.807) is 11.8 Å². The molecule has 0 aromatic carbocycles. The van der Waals surface area contributed by atoms with E-state index in [1.807, 2.05) is 0 Å². The second-order valence-electron chi connectivity index (χ2n) is 2.95. The van der Waals surface area contributed by atoms with Crippen LogP contribution in [-0.4, -0.2) is 31.6 Å². The van der Waals surface area contributed by atoms with Crippen molar-refractivity contribution in [2.75, 3.05) is 0 Å².